The summed E-state index contributed by atoms with van der Waals surface area (Å²) < 4.78 is 0. The zero-order valence-electron chi connectivity index (χ0n) is 12.2. The third kappa shape index (κ3) is 6.08. The number of nitro groups is 1. The Kier molecular flexibility index (Phi) is 6.77. The molecule has 0 spiro atoms. The summed E-state index contributed by atoms with van der Waals surface area (Å²) in [6.07, 6.45) is 1.46. The molecule has 1 rings (SSSR count). The first-order chi connectivity index (χ1) is 10.3. The Bertz CT molecular complexity index is 547. The van der Waals surface area contributed by atoms with Crippen LogP contribution in [0.4, 0.5) is 5.69 Å². The zero-order valence-corrected chi connectivity index (χ0v) is 13.0. The molecule has 1 atom stereocenters. The van der Waals surface area contributed by atoms with E-state index < -0.39 is 22.8 Å². The van der Waals surface area contributed by atoms with Crippen molar-refractivity contribution < 1.29 is 19.6 Å². The van der Waals surface area contributed by atoms with Crippen LogP contribution >= 0.6 is 11.8 Å². The summed E-state index contributed by atoms with van der Waals surface area (Å²) in [6.45, 7) is 3.75. The van der Waals surface area contributed by atoms with Crippen molar-refractivity contribution in [3.05, 3.63) is 28.4 Å². The number of pyridine rings is 1. The highest BCUT2D eigenvalue weighted by molar-refractivity contribution is 7.99. The van der Waals surface area contributed by atoms with Crippen LogP contribution in [0.5, 0.6) is 0 Å². The van der Waals surface area contributed by atoms with Crippen LogP contribution in [0.15, 0.2) is 23.4 Å². The molecule has 22 heavy (non-hydrogen) atoms. The van der Waals surface area contributed by atoms with E-state index in [-0.39, 0.29) is 17.4 Å². The molecule has 0 saturated carbocycles. The maximum atomic E-state index is 11.8. The minimum absolute atomic E-state index is 0.00726. The van der Waals surface area contributed by atoms with Crippen molar-refractivity contribution in [3.63, 3.8) is 0 Å². The maximum absolute atomic E-state index is 11.8. The Morgan fingerprint density at radius 2 is 2.14 bits per heavy atom. The van der Waals surface area contributed by atoms with Crippen molar-refractivity contribution in [2.45, 2.75) is 31.3 Å². The highest BCUT2D eigenvalue weighted by Crippen LogP contribution is 2.18. The van der Waals surface area contributed by atoms with Gasteiger partial charge >= 0.3 is 5.97 Å². The molecule has 0 aromatic carbocycles. The van der Waals surface area contributed by atoms with Gasteiger partial charge in [-0.15, -0.1) is 0 Å². The Hall–Kier alpha value is -2.16. The van der Waals surface area contributed by atoms with Crippen molar-refractivity contribution in [2.75, 3.05) is 5.75 Å². The number of carboxylic acid groups (broad SMARTS) is 1. The van der Waals surface area contributed by atoms with E-state index >= 15 is 0 Å². The quantitative estimate of drug-likeness (QED) is 0.423. The SMILES string of the molecule is CC(C)CC(NC(=O)CSc1ccc([N+](=O)[O-])cn1)C(=O)O. The molecule has 0 aliphatic carbocycles. The Morgan fingerprint density at radius 1 is 1.45 bits per heavy atom. The first kappa shape index (κ1) is 17.9. The zero-order chi connectivity index (χ0) is 16.7. The minimum Gasteiger partial charge on any atom is -0.480 e. The summed E-state index contributed by atoms with van der Waals surface area (Å²) in [5, 5.41) is 22.4. The monoisotopic (exact) mass is 327 g/mol. The second kappa shape index (κ2) is 8.32. The number of hydrogen-bond donors (Lipinski definition) is 2. The van der Waals surface area contributed by atoms with Gasteiger partial charge in [0.05, 0.1) is 15.7 Å². The Labute approximate surface area is 131 Å². The Morgan fingerprint density at radius 3 is 2.59 bits per heavy atom. The molecule has 1 aromatic rings. The normalized spacial score (nSPS) is 12.0. The van der Waals surface area contributed by atoms with E-state index in [9.17, 15) is 19.7 Å². The predicted octanol–water partition coefficient (Wildman–Crippen LogP) is 1.70. The molecule has 2 N–H and O–H groups in total. The van der Waals surface area contributed by atoms with Crippen LogP contribution in [-0.4, -0.2) is 38.7 Å². The fraction of sp³-hybridized carbons (Fsp3) is 0.462. The lowest BCUT2D eigenvalue weighted by atomic mass is 10.0. The standard InChI is InChI=1S/C13H17N3O5S/c1-8(2)5-10(13(18)19)15-11(17)7-22-12-4-3-9(6-14-12)16(20)21/h3-4,6,8,10H,5,7H2,1-2H3,(H,15,17)(H,18,19). The van der Waals surface area contributed by atoms with Crippen molar-refractivity contribution in [3.8, 4) is 0 Å². The number of thioether (sulfide) groups is 1. The van der Waals surface area contributed by atoms with Gasteiger partial charge < -0.3 is 10.4 Å². The molecule has 1 heterocycles. The van der Waals surface area contributed by atoms with Gasteiger partial charge in [0, 0.05) is 6.07 Å². The third-order valence-corrected chi connectivity index (χ3v) is 3.57. The van der Waals surface area contributed by atoms with E-state index in [4.69, 9.17) is 5.11 Å². The summed E-state index contributed by atoms with van der Waals surface area (Å²) in [7, 11) is 0. The van der Waals surface area contributed by atoms with Crippen molar-refractivity contribution in [2.24, 2.45) is 5.92 Å². The van der Waals surface area contributed by atoms with Gasteiger partial charge in [0.2, 0.25) is 5.91 Å². The molecule has 0 saturated heterocycles. The first-order valence-corrected chi connectivity index (χ1v) is 7.53. The lowest BCUT2D eigenvalue weighted by molar-refractivity contribution is -0.385. The van der Waals surface area contributed by atoms with Gasteiger partial charge in [0.15, 0.2) is 0 Å². The summed E-state index contributed by atoms with van der Waals surface area (Å²) in [4.78, 5) is 36.6. The summed E-state index contributed by atoms with van der Waals surface area (Å²) in [5.74, 6) is -1.35. The fourth-order valence-electron chi connectivity index (χ4n) is 1.63. The molecule has 120 valence electrons. The van der Waals surface area contributed by atoms with Crippen LogP contribution < -0.4 is 5.32 Å². The van der Waals surface area contributed by atoms with Gasteiger partial charge in [0.25, 0.3) is 5.69 Å². The van der Waals surface area contributed by atoms with Gasteiger partial charge in [-0.05, 0) is 18.4 Å². The van der Waals surface area contributed by atoms with Gasteiger partial charge in [-0.2, -0.15) is 0 Å². The lowest BCUT2D eigenvalue weighted by Gasteiger charge is -2.16. The molecule has 0 aliphatic rings. The van der Waals surface area contributed by atoms with Crippen molar-refractivity contribution >= 4 is 29.3 Å². The predicted molar refractivity (Wildman–Crippen MR) is 80.6 cm³/mol. The topological polar surface area (TPSA) is 122 Å². The van der Waals surface area contributed by atoms with E-state index in [0.717, 1.165) is 18.0 Å². The molecule has 0 aliphatic heterocycles. The van der Waals surface area contributed by atoms with E-state index in [1.165, 1.54) is 12.1 Å². The van der Waals surface area contributed by atoms with E-state index in [1.807, 2.05) is 13.8 Å². The number of amides is 1. The average Bonchev–Trinajstić information content (AvgIpc) is 2.44. The maximum Gasteiger partial charge on any atom is 0.326 e. The second-order valence-corrected chi connectivity index (χ2v) is 5.98. The molecule has 1 aromatic heterocycles. The van der Waals surface area contributed by atoms with Gasteiger partial charge in [-0.25, -0.2) is 9.78 Å². The molecule has 1 amide bonds. The van der Waals surface area contributed by atoms with Crippen LogP contribution in [0.1, 0.15) is 20.3 Å². The van der Waals surface area contributed by atoms with Gasteiger partial charge in [-0.3, -0.25) is 14.9 Å². The molecular weight excluding hydrogens is 310 g/mol. The third-order valence-electron chi connectivity index (χ3n) is 2.62. The number of aromatic nitrogens is 1. The minimum atomic E-state index is -1.07. The van der Waals surface area contributed by atoms with Crippen LogP contribution in [-0.2, 0) is 9.59 Å². The largest absolute Gasteiger partial charge is 0.480 e. The molecule has 0 bridgehead atoms. The van der Waals surface area contributed by atoms with Crippen molar-refractivity contribution in [1.82, 2.24) is 10.3 Å². The smallest absolute Gasteiger partial charge is 0.326 e. The molecule has 8 nitrogen and oxygen atoms in total. The van der Waals surface area contributed by atoms with Gasteiger partial charge in [0.1, 0.15) is 12.2 Å². The number of nitrogens with zero attached hydrogens (tertiary/aromatic N) is 2. The fourth-order valence-corrected chi connectivity index (χ4v) is 2.29. The molecule has 0 fully saturated rings. The second-order valence-electron chi connectivity index (χ2n) is 4.99. The molecular formula is C13H17N3O5S. The number of carboxylic acids is 1. The van der Waals surface area contributed by atoms with E-state index in [0.29, 0.717) is 11.4 Å². The average molecular weight is 327 g/mol. The van der Waals surface area contributed by atoms with E-state index in [1.54, 1.807) is 0 Å². The molecule has 1 unspecified atom stereocenters. The number of carbonyl (C=O) groups excluding carboxylic acids is 1. The van der Waals surface area contributed by atoms with Crippen LogP contribution in [0.2, 0.25) is 0 Å². The summed E-state index contributed by atoms with van der Waals surface area (Å²) in [5.41, 5.74) is -0.128. The lowest BCUT2D eigenvalue weighted by Crippen LogP contribution is -2.42. The number of carbonyl (C=O) groups is 2. The molecule has 0 radical (unpaired) electrons. The van der Waals surface area contributed by atoms with E-state index in [2.05, 4.69) is 10.3 Å². The number of nitrogens with one attached hydrogen (secondary N) is 1. The molecule has 9 heteroatoms. The summed E-state index contributed by atoms with van der Waals surface area (Å²) >= 11 is 1.08. The number of hydrogen-bond acceptors (Lipinski definition) is 6. The highest BCUT2D eigenvalue weighted by Gasteiger charge is 2.21. The first-order valence-electron chi connectivity index (χ1n) is 6.55. The number of aliphatic carboxylic acids is 1. The summed E-state index contributed by atoms with van der Waals surface area (Å²) in [6, 6.07) is 1.82. The van der Waals surface area contributed by atoms with Crippen LogP contribution in [0, 0.1) is 16.0 Å². The highest BCUT2D eigenvalue weighted by atomic mass is 32.2. The van der Waals surface area contributed by atoms with Crippen molar-refractivity contribution in [1.29, 1.82) is 0 Å². The van der Waals surface area contributed by atoms with Crippen LogP contribution in [0.3, 0.4) is 0 Å². The Balaban J connectivity index is 2.51. The van der Waals surface area contributed by atoms with Gasteiger partial charge in [-0.1, -0.05) is 25.6 Å². The number of rotatable bonds is 8. The van der Waals surface area contributed by atoms with Crippen LogP contribution in [0.25, 0.3) is 0 Å².